The van der Waals surface area contributed by atoms with Crippen LogP contribution in [0.15, 0.2) is 0 Å². The van der Waals surface area contributed by atoms with E-state index in [0.717, 1.165) is 38.5 Å². The lowest BCUT2D eigenvalue weighted by molar-refractivity contribution is -0.163. The van der Waals surface area contributed by atoms with Crippen LogP contribution in [0, 0.1) is 17.3 Å². The highest BCUT2D eigenvalue weighted by atomic mass is 127. The second kappa shape index (κ2) is 5.39. The topological polar surface area (TPSA) is 52.6 Å². The molecule has 2 bridgehead atoms. The van der Waals surface area contributed by atoms with E-state index >= 15 is 0 Å². The van der Waals surface area contributed by atoms with Crippen molar-refractivity contribution in [2.24, 2.45) is 17.3 Å². The monoisotopic (exact) mass is 406 g/mol. The molecule has 21 heavy (non-hydrogen) atoms. The first-order chi connectivity index (χ1) is 9.89. The lowest BCUT2D eigenvalue weighted by Gasteiger charge is -2.36. The number of carbonyl (C=O) groups is 2. The van der Waals surface area contributed by atoms with Crippen molar-refractivity contribution in [2.75, 3.05) is 6.61 Å². The molecule has 4 nitrogen and oxygen atoms in total. The van der Waals surface area contributed by atoms with Gasteiger partial charge in [0.25, 0.3) is 0 Å². The van der Waals surface area contributed by atoms with Crippen LogP contribution in [0.4, 0.5) is 0 Å². The molecule has 5 heteroatoms. The highest BCUT2D eigenvalue weighted by Crippen LogP contribution is 2.60. The zero-order valence-corrected chi connectivity index (χ0v) is 14.9. The van der Waals surface area contributed by atoms with Gasteiger partial charge in [0, 0.05) is 5.92 Å². The van der Waals surface area contributed by atoms with Gasteiger partial charge in [-0.25, -0.2) is 0 Å². The molecule has 5 atom stereocenters. The highest BCUT2D eigenvalue weighted by Gasteiger charge is 2.63. The summed E-state index contributed by atoms with van der Waals surface area (Å²) in [5, 5.41) is 0. The van der Waals surface area contributed by atoms with Crippen molar-refractivity contribution in [3.8, 4) is 0 Å². The van der Waals surface area contributed by atoms with Crippen LogP contribution >= 0.6 is 22.6 Å². The Hall–Kier alpha value is -0.330. The number of ether oxygens (including phenoxy) is 2. The summed E-state index contributed by atoms with van der Waals surface area (Å²) in [4.78, 5) is 24.6. The van der Waals surface area contributed by atoms with E-state index in [0.29, 0.717) is 12.5 Å². The fourth-order valence-electron chi connectivity index (χ4n) is 4.57. The average molecular weight is 406 g/mol. The summed E-state index contributed by atoms with van der Waals surface area (Å²) in [7, 11) is 0. The number of fused-ring (bicyclic) bond motifs is 3. The molecule has 1 heterocycles. The van der Waals surface area contributed by atoms with Crippen molar-refractivity contribution in [3.05, 3.63) is 0 Å². The molecule has 1 aliphatic heterocycles. The minimum absolute atomic E-state index is 0.0541. The average Bonchev–Trinajstić information content (AvgIpc) is 3.06. The van der Waals surface area contributed by atoms with Crippen LogP contribution in [0.2, 0.25) is 0 Å². The maximum Gasteiger partial charge on any atom is 0.322 e. The summed E-state index contributed by atoms with van der Waals surface area (Å²) in [6, 6.07) is 0. The molecule has 118 valence electrons. The normalized spacial score (nSPS) is 40.3. The molecule has 3 rings (SSSR count). The minimum Gasteiger partial charge on any atom is -0.465 e. The van der Waals surface area contributed by atoms with Crippen LogP contribution in [0.3, 0.4) is 0 Å². The van der Waals surface area contributed by atoms with E-state index in [1.165, 1.54) is 0 Å². The molecule has 0 aromatic heterocycles. The van der Waals surface area contributed by atoms with Gasteiger partial charge in [0.1, 0.15) is 9.53 Å². The smallest absolute Gasteiger partial charge is 0.322 e. The Morgan fingerprint density at radius 1 is 1.52 bits per heavy atom. The number of alkyl halides is 1. The molecule has 5 unspecified atom stereocenters. The van der Waals surface area contributed by atoms with Gasteiger partial charge in [-0.1, -0.05) is 35.9 Å². The van der Waals surface area contributed by atoms with Gasteiger partial charge in [-0.15, -0.1) is 0 Å². The molecule has 1 saturated heterocycles. The number of esters is 2. The second-order valence-corrected chi connectivity index (χ2v) is 9.46. The third kappa shape index (κ3) is 2.49. The molecule has 0 aromatic rings. The van der Waals surface area contributed by atoms with Crippen molar-refractivity contribution in [2.45, 2.75) is 61.9 Å². The zero-order valence-electron chi connectivity index (χ0n) is 12.7. The molecule has 0 N–H and O–H groups in total. The predicted octanol–water partition coefficient (Wildman–Crippen LogP) is 3.26. The SMILES string of the molecule is CCCC(C)(I)C(=O)OC1CC2CC1C1(CCOC1=O)C2. The van der Waals surface area contributed by atoms with Crippen LogP contribution in [0.5, 0.6) is 0 Å². The Kier molecular flexibility index (Phi) is 3.99. The van der Waals surface area contributed by atoms with E-state index in [-0.39, 0.29) is 29.4 Å². The van der Waals surface area contributed by atoms with Gasteiger partial charge < -0.3 is 9.47 Å². The quantitative estimate of drug-likeness (QED) is 0.409. The first-order valence-corrected chi connectivity index (χ1v) is 9.04. The van der Waals surface area contributed by atoms with E-state index in [2.05, 4.69) is 29.5 Å². The molecule has 0 amide bonds. The molecule has 3 fully saturated rings. The van der Waals surface area contributed by atoms with Gasteiger partial charge in [-0.3, -0.25) is 9.59 Å². The number of hydrogen-bond donors (Lipinski definition) is 0. The first kappa shape index (κ1) is 15.6. The molecule has 0 aromatic carbocycles. The number of carbonyl (C=O) groups excluding carboxylic acids is 2. The minimum atomic E-state index is -0.461. The van der Waals surface area contributed by atoms with Crippen LogP contribution in [0.25, 0.3) is 0 Å². The molecule has 2 saturated carbocycles. The summed E-state index contributed by atoms with van der Waals surface area (Å²) >= 11 is 2.20. The first-order valence-electron chi connectivity index (χ1n) is 7.96. The third-order valence-corrected chi connectivity index (χ3v) is 6.54. The summed E-state index contributed by atoms with van der Waals surface area (Å²) < 4.78 is 10.6. The van der Waals surface area contributed by atoms with E-state index < -0.39 is 3.42 Å². The van der Waals surface area contributed by atoms with Crippen LogP contribution < -0.4 is 0 Å². The van der Waals surface area contributed by atoms with Gasteiger partial charge in [0.2, 0.25) is 0 Å². The summed E-state index contributed by atoms with van der Waals surface area (Å²) in [6.07, 6.45) is 5.36. The van der Waals surface area contributed by atoms with Crippen LogP contribution in [-0.2, 0) is 19.1 Å². The van der Waals surface area contributed by atoms with Crippen molar-refractivity contribution >= 4 is 34.5 Å². The van der Waals surface area contributed by atoms with Gasteiger partial charge in [0.15, 0.2) is 0 Å². The largest absolute Gasteiger partial charge is 0.465 e. The number of halogens is 1. The fraction of sp³-hybridized carbons (Fsp3) is 0.875. The van der Waals surface area contributed by atoms with Gasteiger partial charge in [0.05, 0.1) is 12.0 Å². The standard InChI is InChI=1S/C16H23IO4/c1-3-4-15(2,17)13(18)21-12-8-10-7-11(12)16(9-10)5-6-20-14(16)19/h10-12H,3-9H2,1-2H3. The van der Waals surface area contributed by atoms with E-state index in [9.17, 15) is 9.59 Å². The number of hydrogen-bond acceptors (Lipinski definition) is 4. The van der Waals surface area contributed by atoms with Crippen molar-refractivity contribution in [3.63, 3.8) is 0 Å². The van der Waals surface area contributed by atoms with E-state index in [1.807, 2.05) is 6.92 Å². The lowest BCUT2D eigenvalue weighted by Crippen LogP contribution is -2.43. The van der Waals surface area contributed by atoms with Crippen LogP contribution in [0.1, 0.15) is 52.4 Å². The maximum atomic E-state index is 12.4. The second-order valence-electron chi connectivity index (χ2n) is 7.08. The Balaban J connectivity index is 1.71. The summed E-state index contributed by atoms with van der Waals surface area (Å²) in [6.45, 7) is 4.54. The Bertz CT molecular complexity index is 461. The summed E-state index contributed by atoms with van der Waals surface area (Å²) in [5.41, 5.74) is -0.347. The Labute approximate surface area is 139 Å². The van der Waals surface area contributed by atoms with Gasteiger partial charge in [-0.2, -0.15) is 0 Å². The molecule has 1 spiro atoms. The van der Waals surface area contributed by atoms with Crippen molar-refractivity contribution in [1.82, 2.24) is 0 Å². The molecular formula is C16H23IO4. The Morgan fingerprint density at radius 2 is 2.29 bits per heavy atom. The van der Waals surface area contributed by atoms with Gasteiger partial charge >= 0.3 is 11.9 Å². The van der Waals surface area contributed by atoms with Crippen molar-refractivity contribution < 1.29 is 19.1 Å². The fourth-order valence-corrected chi connectivity index (χ4v) is 5.24. The maximum absolute atomic E-state index is 12.4. The zero-order chi connectivity index (χ0) is 15.3. The van der Waals surface area contributed by atoms with Gasteiger partial charge in [-0.05, 0) is 44.9 Å². The highest BCUT2D eigenvalue weighted by molar-refractivity contribution is 14.1. The molecule has 2 aliphatic carbocycles. The van der Waals surface area contributed by atoms with E-state index in [1.54, 1.807) is 0 Å². The Morgan fingerprint density at radius 3 is 2.86 bits per heavy atom. The molecule has 0 radical (unpaired) electrons. The number of rotatable bonds is 4. The molecular weight excluding hydrogens is 383 g/mol. The van der Waals surface area contributed by atoms with Crippen LogP contribution in [-0.4, -0.2) is 28.1 Å². The predicted molar refractivity (Wildman–Crippen MR) is 86.1 cm³/mol. The third-order valence-electron chi connectivity index (χ3n) is 5.56. The summed E-state index contributed by atoms with van der Waals surface area (Å²) in [5.74, 6) is 0.519. The molecule has 3 aliphatic rings. The lowest BCUT2D eigenvalue weighted by atomic mass is 9.71. The van der Waals surface area contributed by atoms with Crippen molar-refractivity contribution in [1.29, 1.82) is 0 Å². The number of cyclic esters (lactones) is 1. The van der Waals surface area contributed by atoms with E-state index in [4.69, 9.17) is 9.47 Å².